The second-order valence-electron chi connectivity index (χ2n) is 13.0. The Hall–Kier alpha value is -6.24. The molecule has 0 fully saturated rings. The fourth-order valence-electron chi connectivity index (χ4n) is 5.60. The number of aromatic nitrogens is 3. The van der Waals surface area contributed by atoms with E-state index in [1.807, 2.05) is 0 Å². The molecule has 0 saturated heterocycles. The molecule has 66 heavy (non-hydrogen) atoms. The van der Waals surface area contributed by atoms with Gasteiger partial charge in [0.25, 0.3) is 40.5 Å². The highest BCUT2D eigenvalue weighted by molar-refractivity contribution is 7.90. The largest absolute Gasteiger partial charge is 0.768 e. The van der Waals surface area contributed by atoms with Gasteiger partial charge in [0.05, 0.1) is 16.0 Å². The van der Waals surface area contributed by atoms with Crippen LogP contribution >= 0.6 is 11.6 Å². The molecule has 0 radical (unpaired) electrons. The van der Waals surface area contributed by atoms with Crippen LogP contribution in [-0.4, -0.2) is 95.4 Å². The van der Waals surface area contributed by atoms with E-state index in [1.54, 1.807) is 0 Å². The van der Waals surface area contributed by atoms with Crippen molar-refractivity contribution in [3.8, 4) is 5.75 Å². The van der Waals surface area contributed by atoms with Crippen molar-refractivity contribution in [1.29, 1.82) is 0 Å². The Labute approximate surface area is 378 Å². The monoisotopic (exact) mass is 1050 g/mol. The number of benzene rings is 5. The fourth-order valence-corrected chi connectivity index (χ4v) is 9.44. The van der Waals surface area contributed by atoms with Gasteiger partial charge in [-0.25, -0.2) is 8.42 Å². The number of azo groups is 2. The van der Waals surface area contributed by atoms with Crippen LogP contribution < -0.4 is 16.4 Å². The first-order chi connectivity index (χ1) is 30.4. The van der Waals surface area contributed by atoms with Crippen LogP contribution in [0.1, 0.15) is 0 Å². The molecule has 1 atom stereocenters. The lowest BCUT2D eigenvalue weighted by atomic mass is 10.1. The highest BCUT2D eigenvalue weighted by Crippen LogP contribution is 2.49. The second kappa shape index (κ2) is 17.9. The molecule has 348 valence electrons. The molecule has 27 nitrogen and oxygen atoms in total. The highest BCUT2D eigenvalue weighted by Gasteiger charge is 2.29. The highest BCUT2D eigenvalue weighted by atomic mass is 35.5. The minimum Gasteiger partial charge on any atom is -0.768 e. The third-order valence-corrected chi connectivity index (χ3v) is 13.9. The number of anilines is 5. The van der Waals surface area contributed by atoms with Gasteiger partial charge in [-0.15, -0.1) is 20.5 Å². The zero-order chi connectivity index (χ0) is 48.9. The van der Waals surface area contributed by atoms with E-state index in [1.165, 1.54) is 24.3 Å². The summed E-state index contributed by atoms with van der Waals surface area (Å²) in [5.74, 6) is -1.81. The van der Waals surface area contributed by atoms with Gasteiger partial charge in [-0.1, -0.05) is 0 Å². The molecule has 1 aromatic heterocycles. The molecule has 0 aliphatic rings. The number of rotatable bonds is 14. The quantitative estimate of drug-likeness (QED) is 0.0311. The predicted molar refractivity (Wildman–Crippen MR) is 229 cm³/mol. The summed E-state index contributed by atoms with van der Waals surface area (Å²) in [6.07, 6.45) is 1.01. The Morgan fingerprint density at radius 1 is 0.621 bits per heavy atom. The number of hydrogen-bond acceptors (Lipinski definition) is 23. The Bertz CT molecular complexity index is 3690. The number of phenols is 1. The normalized spacial score (nSPS) is 13.4. The number of fused-ring (bicyclic) bond motifs is 1. The summed E-state index contributed by atoms with van der Waals surface area (Å²) in [4.78, 5) is 6.62. The average molecular weight is 1050 g/mol. The van der Waals surface area contributed by atoms with Gasteiger partial charge in [-0.05, 0) is 101 Å². The lowest BCUT2D eigenvalue weighted by molar-refractivity contribution is 0.472. The van der Waals surface area contributed by atoms with Crippen LogP contribution in [0.5, 0.6) is 5.75 Å². The van der Waals surface area contributed by atoms with Crippen molar-refractivity contribution in [1.82, 2.24) is 15.0 Å². The average Bonchev–Trinajstić information content (AvgIpc) is 3.18. The van der Waals surface area contributed by atoms with E-state index in [2.05, 4.69) is 46.0 Å². The number of nitrogens with zero attached hydrogens (tertiary/aromatic N) is 7. The number of nitrogen functional groups attached to an aromatic ring is 1. The van der Waals surface area contributed by atoms with Crippen molar-refractivity contribution in [3.63, 3.8) is 0 Å². The van der Waals surface area contributed by atoms with Crippen molar-refractivity contribution < 1.29 is 74.2 Å². The number of nitrogens with two attached hydrogens (primary N) is 1. The van der Waals surface area contributed by atoms with Crippen LogP contribution in [0, 0.1) is 0 Å². The zero-order valence-electron chi connectivity index (χ0n) is 32.1. The number of sulfone groups is 1. The number of phenolic OH excluding ortho intramolecular Hbond substituents is 1. The maximum absolute atomic E-state index is 12.6. The van der Waals surface area contributed by atoms with E-state index in [-0.39, 0.29) is 27.8 Å². The number of aromatic hydroxyl groups is 1. The first-order valence-corrected chi connectivity index (χ1v) is 26.0. The number of nitrogens with one attached hydrogen (secondary N) is 2. The maximum Gasteiger partial charge on any atom is 0.296 e. The van der Waals surface area contributed by atoms with E-state index in [4.69, 9.17) is 17.3 Å². The number of hydrogen-bond donors (Lipinski definition) is 8. The van der Waals surface area contributed by atoms with E-state index in [9.17, 15) is 74.2 Å². The summed E-state index contributed by atoms with van der Waals surface area (Å²) < 4.78 is 186. The van der Waals surface area contributed by atoms with Crippen LogP contribution in [-0.2, 0) is 61.4 Å². The van der Waals surface area contributed by atoms with E-state index >= 15 is 0 Å². The van der Waals surface area contributed by atoms with Crippen molar-refractivity contribution in [2.75, 3.05) is 22.6 Å². The molecule has 0 aliphatic heterocycles. The third kappa shape index (κ3) is 11.1. The molecule has 0 aliphatic carbocycles. The summed E-state index contributed by atoms with van der Waals surface area (Å²) in [5, 5.41) is 29.4. The number of halogens is 1. The Kier molecular flexibility index (Phi) is 13.3. The molecule has 0 saturated carbocycles. The van der Waals surface area contributed by atoms with Crippen molar-refractivity contribution in [2.24, 2.45) is 20.5 Å². The molecule has 6 aromatic rings. The predicted octanol–water partition coefficient (Wildman–Crippen LogP) is 4.91. The lowest BCUT2D eigenvalue weighted by Gasteiger charge is -2.14. The fraction of sp³-hybridized carbons (Fsp3) is 0.0312. The van der Waals surface area contributed by atoms with Crippen molar-refractivity contribution in [2.45, 2.75) is 29.4 Å². The summed E-state index contributed by atoms with van der Waals surface area (Å²) in [5.41, 5.74) is 1.51. The molecule has 0 spiro atoms. The molecule has 0 bridgehead atoms. The first-order valence-electron chi connectivity index (χ1n) is 16.9. The molecule has 6 rings (SSSR count). The third-order valence-electron chi connectivity index (χ3n) is 8.43. The summed E-state index contributed by atoms with van der Waals surface area (Å²) in [6, 6.07) is 11.1. The van der Waals surface area contributed by atoms with Crippen LogP contribution in [0.3, 0.4) is 0 Å². The zero-order valence-corrected chi connectivity index (χ0v) is 37.8. The van der Waals surface area contributed by atoms with Crippen molar-refractivity contribution >= 4 is 135 Å². The lowest BCUT2D eigenvalue weighted by Crippen LogP contribution is -2.05. The van der Waals surface area contributed by atoms with E-state index in [0.717, 1.165) is 36.6 Å². The first kappa shape index (κ1) is 49.2. The minimum atomic E-state index is -5.51. The Morgan fingerprint density at radius 3 is 1.65 bits per heavy atom. The second-order valence-corrected chi connectivity index (χ2v) is 21.8. The molecule has 9 N–H and O–H groups in total. The maximum atomic E-state index is 12.6. The SMILES string of the molecule is CS(=O)(=O)c1ccc(Nc2nc(Cl)nc(Nc3ccc(S(=O)(=O)O)c(N=Nc4c(S(=O)(=O)O)cc5cc(S(=O)(=O)O)c(N=Nc6ccc(S(=O)[O-])cc6S(=O)(=O)O)c(N)c5c4O)c3)n2)cc1. The summed E-state index contributed by atoms with van der Waals surface area (Å²) >= 11 is 3.05. The van der Waals surface area contributed by atoms with Gasteiger partial charge in [0, 0.05) is 22.5 Å². The van der Waals surface area contributed by atoms with E-state index < -0.39 is 131 Å². The summed E-state index contributed by atoms with van der Waals surface area (Å²) in [7, 11) is -24.9. The standard InChI is InChI=1S/C32H25ClN10O17S6/c1-62(47,48)18-6-2-15(3-7-18)35-31-37-30(33)38-32(39-31)36-16-4-9-21(63(49,50)51)20(12-16)41-43-28-24(66(58,59)60)11-14-10-23(65(55,56)57)27(26(34)25(14)29(28)44)42-40-19-8-5-17(61(45)46)13-22(19)64(52,53)54/h2-13,44H,34H2,1H3,(H,45,46)(H,49,50,51)(H,52,53,54)(H,55,56,57)(H,58,59,60)(H2,35,36,37,38,39)/p-1. The molecular weight excluding hydrogens is 1020 g/mol. The van der Waals surface area contributed by atoms with Gasteiger partial charge in [0.15, 0.2) is 15.6 Å². The smallest absolute Gasteiger partial charge is 0.296 e. The van der Waals surface area contributed by atoms with Crippen LogP contribution in [0.4, 0.5) is 51.7 Å². The van der Waals surface area contributed by atoms with Gasteiger partial charge in [0.1, 0.15) is 42.3 Å². The van der Waals surface area contributed by atoms with Crippen LogP contribution in [0.15, 0.2) is 123 Å². The van der Waals surface area contributed by atoms with Crippen LogP contribution in [0.25, 0.3) is 10.8 Å². The molecule has 1 heterocycles. The molecule has 1 unspecified atom stereocenters. The van der Waals surface area contributed by atoms with Crippen molar-refractivity contribution in [3.05, 3.63) is 78.1 Å². The van der Waals surface area contributed by atoms with Gasteiger partial charge in [-0.2, -0.15) is 48.6 Å². The molecule has 5 aromatic carbocycles. The molecular formula is C32H24ClN10O17S6-. The molecule has 34 heteroatoms. The topological polar surface area (TPSA) is 450 Å². The minimum absolute atomic E-state index is 0.0198. The van der Waals surface area contributed by atoms with Gasteiger partial charge in [-0.3, -0.25) is 22.4 Å². The van der Waals surface area contributed by atoms with Gasteiger partial charge < -0.3 is 26.0 Å². The van der Waals surface area contributed by atoms with E-state index in [0.29, 0.717) is 23.9 Å². The van der Waals surface area contributed by atoms with Crippen LogP contribution in [0.2, 0.25) is 5.28 Å². The van der Waals surface area contributed by atoms with Gasteiger partial charge in [0.2, 0.25) is 17.2 Å². The molecule has 0 amide bonds. The van der Waals surface area contributed by atoms with Gasteiger partial charge >= 0.3 is 0 Å². The Balaban J connectivity index is 1.47. The Morgan fingerprint density at radius 2 is 1.12 bits per heavy atom. The summed E-state index contributed by atoms with van der Waals surface area (Å²) in [6.45, 7) is 0.